The zero-order valence-corrected chi connectivity index (χ0v) is 12.4. The second kappa shape index (κ2) is 5.99. The molecule has 0 bridgehead atoms. The van der Waals surface area contributed by atoms with Gasteiger partial charge in [0.05, 0.1) is 5.41 Å². The summed E-state index contributed by atoms with van der Waals surface area (Å²) in [7, 11) is 2.05. The first kappa shape index (κ1) is 15.1. The van der Waals surface area contributed by atoms with Gasteiger partial charge in [-0.25, -0.2) is 4.79 Å². The highest BCUT2D eigenvalue weighted by molar-refractivity contribution is 5.77. The Balaban J connectivity index is 1.84. The molecule has 0 saturated carbocycles. The first-order valence-corrected chi connectivity index (χ1v) is 7.44. The highest BCUT2D eigenvalue weighted by Crippen LogP contribution is 2.35. The number of nitrogens with one attached hydrogen (secondary N) is 1. The fourth-order valence-electron chi connectivity index (χ4n) is 3.18. The van der Waals surface area contributed by atoms with Crippen molar-refractivity contribution in [2.24, 2.45) is 5.41 Å². The SMILES string of the molecule is CCC1(C(=O)O)CCN(C(=O)NC2CCN(C)C2)CC1. The number of likely N-dealkylation sites (N-methyl/N-ethyl adjacent to an activating group) is 1. The number of aliphatic carboxylic acids is 1. The maximum absolute atomic E-state index is 12.2. The second-order valence-corrected chi connectivity index (χ2v) is 6.12. The predicted octanol–water partition coefficient (Wildman–Crippen LogP) is 0.977. The van der Waals surface area contributed by atoms with Crippen LogP contribution in [0.5, 0.6) is 0 Å². The van der Waals surface area contributed by atoms with E-state index in [9.17, 15) is 14.7 Å². The lowest BCUT2D eigenvalue weighted by atomic mass is 9.76. The summed E-state index contributed by atoms with van der Waals surface area (Å²) in [5.74, 6) is -0.725. The van der Waals surface area contributed by atoms with Gasteiger partial charge in [0.25, 0.3) is 0 Å². The minimum absolute atomic E-state index is 0.0413. The molecule has 6 nitrogen and oxygen atoms in total. The lowest BCUT2D eigenvalue weighted by Gasteiger charge is -2.38. The van der Waals surface area contributed by atoms with Crippen LogP contribution in [-0.4, -0.2) is 66.2 Å². The van der Waals surface area contributed by atoms with Gasteiger partial charge >= 0.3 is 12.0 Å². The number of amides is 2. The average molecular weight is 283 g/mol. The van der Waals surface area contributed by atoms with Crippen LogP contribution >= 0.6 is 0 Å². The molecule has 2 aliphatic heterocycles. The monoisotopic (exact) mass is 283 g/mol. The van der Waals surface area contributed by atoms with E-state index in [-0.39, 0.29) is 12.1 Å². The van der Waals surface area contributed by atoms with Crippen LogP contribution in [0.4, 0.5) is 4.79 Å². The quantitative estimate of drug-likeness (QED) is 0.810. The van der Waals surface area contributed by atoms with Gasteiger partial charge in [-0.05, 0) is 39.3 Å². The third kappa shape index (κ3) is 3.06. The maximum Gasteiger partial charge on any atom is 0.317 e. The molecule has 2 rings (SSSR count). The number of carboxylic acid groups (broad SMARTS) is 1. The largest absolute Gasteiger partial charge is 0.481 e. The highest BCUT2D eigenvalue weighted by Gasteiger charge is 2.41. The van der Waals surface area contributed by atoms with E-state index in [0.717, 1.165) is 19.5 Å². The number of urea groups is 1. The Morgan fingerprint density at radius 1 is 1.30 bits per heavy atom. The van der Waals surface area contributed by atoms with Crippen LogP contribution < -0.4 is 5.32 Å². The standard InChI is InChI=1S/C14H25N3O3/c1-3-14(12(18)19)5-8-17(9-6-14)13(20)15-11-4-7-16(2)10-11/h11H,3-10H2,1-2H3,(H,15,20)(H,18,19). The van der Waals surface area contributed by atoms with Gasteiger partial charge in [0.15, 0.2) is 0 Å². The summed E-state index contributed by atoms with van der Waals surface area (Å²) in [6.07, 6.45) is 2.73. The Bertz CT molecular complexity index is 378. The molecule has 0 aromatic rings. The Morgan fingerprint density at radius 2 is 1.95 bits per heavy atom. The molecule has 114 valence electrons. The Morgan fingerprint density at radius 3 is 2.40 bits per heavy atom. The van der Waals surface area contributed by atoms with E-state index < -0.39 is 11.4 Å². The summed E-state index contributed by atoms with van der Waals surface area (Å²) in [6.45, 7) is 4.90. The topological polar surface area (TPSA) is 72.9 Å². The van der Waals surface area contributed by atoms with Gasteiger partial charge in [-0.1, -0.05) is 6.92 Å². The van der Waals surface area contributed by atoms with Gasteiger partial charge in [0, 0.05) is 25.7 Å². The molecule has 2 fully saturated rings. The van der Waals surface area contributed by atoms with Crippen LogP contribution in [-0.2, 0) is 4.79 Å². The number of carboxylic acids is 1. The first-order valence-electron chi connectivity index (χ1n) is 7.44. The van der Waals surface area contributed by atoms with Crippen molar-refractivity contribution in [2.45, 2.75) is 38.6 Å². The van der Waals surface area contributed by atoms with E-state index in [2.05, 4.69) is 17.3 Å². The van der Waals surface area contributed by atoms with E-state index in [1.807, 2.05) is 6.92 Å². The molecule has 6 heteroatoms. The molecule has 0 aromatic carbocycles. The van der Waals surface area contributed by atoms with Crippen LogP contribution in [0.1, 0.15) is 32.6 Å². The molecule has 0 radical (unpaired) electrons. The van der Waals surface area contributed by atoms with E-state index in [4.69, 9.17) is 0 Å². The fourth-order valence-corrected chi connectivity index (χ4v) is 3.18. The third-order valence-corrected chi connectivity index (χ3v) is 4.86. The first-order chi connectivity index (χ1) is 9.47. The normalized spacial score (nSPS) is 26.5. The molecular weight excluding hydrogens is 258 g/mol. The van der Waals surface area contributed by atoms with Crippen molar-refractivity contribution in [3.05, 3.63) is 0 Å². The maximum atomic E-state index is 12.2. The minimum atomic E-state index is -0.725. The molecule has 2 heterocycles. The Hall–Kier alpha value is -1.30. The van der Waals surface area contributed by atoms with E-state index >= 15 is 0 Å². The number of nitrogens with zero attached hydrogens (tertiary/aromatic N) is 2. The summed E-state index contributed by atoms with van der Waals surface area (Å²) < 4.78 is 0. The second-order valence-electron chi connectivity index (χ2n) is 6.12. The summed E-state index contributed by atoms with van der Waals surface area (Å²) in [4.78, 5) is 27.5. The van der Waals surface area contributed by atoms with Crippen LogP contribution in [0, 0.1) is 5.41 Å². The lowest BCUT2D eigenvalue weighted by molar-refractivity contribution is -0.151. The summed E-state index contributed by atoms with van der Waals surface area (Å²) in [5.41, 5.74) is -0.635. The molecule has 2 N–H and O–H groups in total. The van der Waals surface area contributed by atoms with Crippen molar-refractivity contribution in [1.29, 1.82) is 0 Å². The van der Waals surface area contributed by atoms with Gasteiger partial charge in [-0.15, -0.1) is 0 Å². The van der Waals surface area contributed by atoms with Gasteiger partial charge in [0.2, 0.25) is 0 Å². The van der Waals surface area contributed by atoms with Gasteiger partial charge in [0.1, 0.15) is 0 Å². The van der Waals surface area contributed by atoms with Crippen molar-refractivity contribution in [3.8, 4) is 0 Å². The number of hydrogen-bond acceptors (Lipinski definition) is 3. The molecule has 20 heavy (non-hydrogen) atoms. The van der Waals surface area contributed by atoms with E-state index in [1.54, 1.807) is 4.90 Å². The molecule has 1 unspecified atom stereocenters. The molecule has 0 aromatic heterocycles. The van der Waals surface area contributed by atoms with Crippen molar-refractivity contribution >= 4 is 12.0 Å². The average Bonchev–Trinajstić information content (AvgIpc) is 2.84. The van der Waals surface area contributed by atoms with Crippen LogP contribution in [0.2, 0.25) is 0 Å². The molecule has 0 spiro atoms. The lowest BCUT2D eigenvalue weighted by Crippen LogP contribution is -2.51. The number of hydrogen-bond donors (Lipinski definition) is 2. The van der Waals surface area contributed by atoms with Crippen molar-refractivity contribution < 1.29 is 14.7 Å². The molecule has 0 aliphatic carbocycles. The number of carbonyl (C=O) groups excluding carboxylic acids is 1. The Labute approximate surface area is 120 Å². The van der Waals surface area contributed by atoms with Gasteiger partial charge < -0.3 is 20.2 Å². The number of carbonyl (C=O) groups is 2. The summed E-state index contributed by atoms with van der Waals surface area (Å²) >= 11 is 0. The van der Waals surface area contributed by atoms with E-state index in [1.165, 1.54) is 0 Å². The third-order valence-electron chi connectivity index (χ3n) is 4.86. The number of rotatable bonds is 3. The van der Waals surface area contributed by atoms with Crippen LogP contribution in [0.3, 0.4) is 0 Å². The van der Waals surface area contributed by atoms with E-state index in [0.29, 0.717) is 32.4 Å². The molecule has 2 saturated heterocycles. The molecule has 2 aliphatic rings. The van der Waals surface area contributed by atoms with Crippen LogP contribution in [0.25, 0.3) is 0 Å². The molecule has 2 amide bonds. The van der Waals surface area contributed by atoms with Crippen molar-refractivity contribution in [1.82, 2.24) is 15.1 Å². The van der Waals surface area contributed by atoms with Gasteiger partial charge in [-0.3, -0.25) is 4.79 Å². The smallest absolute Gasteiger partial charge is 0.317 e. The number of piperidine rings is 1. The Kier molecular flexibility index (Phi) is 4.52. The predicted molar refractivity (Wildman–Crippen MR) is 75.6 cm³/mol. The number of likely N-dealkylation sites (tertiary alicyclic amines) is 2. The zero-order valence-electron chi connectivity index (χ0n) is 12.4. The highest BCUT2D eigenvalue weighted by atomic mass is 16.4. The van der Waals surface area contributed by atoms with Crippen molar-refractivity contribution in [2.75, 3.05) is 33.2 Å². The minimum Gasteiger partial charge on any atom is -0.481 e. The van der Waals surface area contributed by atoms with Crippen molar-refractivity contribution in [3.63, 3.8) is 0 Å². The zero-order chi connectivity index (χ0) is 14.8. The fraction of sp³-hybridized carbons (Fsp3) is 0.857. The summed E-state index contributed by atoms with van der Waals surface area (Å²) in [5, 5.41) is 12.4. The van der Waals surface area contributed by atoms with Crippen LogP contribution in [0.15, 0.2) is 0 Å². The summed E-state index contributed by atoms with van der Waals surface area (Å²) in [6, 6.07) is 0.185. The molecular formula is C14H25N3O3. The molecule has 1 atom stereocenters. The van der Waals surface area contributed by atoms with Gasteiger partial charge in [-0.2, -0.15) is 0 Å².